The lowest BCUT2D eigenvalue weighted by Gasteiger charge is -2.20. The second-order valence-electron chi connectivity index (χ2n) is 5.57. The van der Waals surface area contributed by atoms with E-state index in [1.165, 1.54) is 6.42 Å². The summed E-state index contributed by atoms with van der Waals surface area (Å²) in [5, 5.41) is 13.9. The SMILES string of the molecule is O=C(O)/C=C/C(=O)Nc1cccc(NC(=O)C2CCCCC2)c1. The van der Waals surface area contributed by atoms with Gasteiger partial charge in [-0.2, -0.15) is 0 Å². The number of nitrogens with one attached hydrogen (secondary N) is 2. The number of carbonyl (C=O) groups excluding carboxylic acids is 2. The van der Waals surface area contributed by atoms with Crippen molar-refractivity contribution in [3.63, 3.8) is 0 Å². The van der Waals surface area contributed by atoms with Crippen molar-refractivity contribution in [3.05, 3.63) is 36.4 Å². The molecular weight excluding hydrogens is 296 g/mol. The molecule has 1 saturated carbocycles. The second-order valence-corrected chi connectivity index (χ2v) is 5.57. The number of carboxylic acids is 1. The molecule has 2 rings (SSSR count). The van der Waals surface area contributed by atoms with E-state index in [9.17, 15) is 14.4 Å². The zero-order valence-electron chi connectivity index (χ0n) is 12.7. The van der Waals surface area contributed by atoms with Crippen LogP contribution in [0.2, 0.25) is 0 Å². The first-order chi connectivity index (χ1) is 11.0. The van der Waals surface area contributed by atoms with Crippen LogP contribution in [0.25, 0.3) is 0 Å². The van der Waals surface area contributed by atoms with Crippen LogP contribution in [0.1, 0.15) is 32.1 Å². The van der Waals surface area contributed by atoms with Gasteiger partial charge in [0.2, 0.25) is 11.8 Å². The summed E-state index contributed by atoms with van der Waals surface area (Å²) < 4.78 is 0. The predicted molar refractivity (Wildman–Crippen MR) is 87.1 cm³/mol. The molecule has 0 spiro atoms. The summed E-state index contributed by atoms with van der Waals surface area (Å²) in [5.74, 6) is -1.66. The van der Waals surface area contributed by atoms with Crippen molar-refractivity contribution < 1.29 is 19.5 Å². The number of anilines is 2. The van der Waals surface area contributed by atoms with Crippen LogP contribution in [-0.2, 0) is 14.4 Å². The van der Waals surface area contributed by atoms with Crippen molar-refractivity contribution >= 4 is 29.2 Å². The van der Waals surface area contributed by atoms with Crippen LogP contribution in [-0.4, -0.2) is 22.9 Å². The van der Waals surface area contributed by atoms with Crippen LogP contribution in [0.4, 0.5) is 11.4 Å². The summed E-state index contributed by atoms with van der Waals surface area (Å²) >= 11 is 0. The maximum atomic E-state index is 12.2. The molecule has 0 aromatic heterocycles. The lowest BCUT2D eigenvalue weighted by atomic mass is 9.88. The van der Waals surface area contributed by atoms with Crippen molar-refractivity contribution in [2.24, 2.45) is 5.92 Å². The van der Waals surface area contributed by atoms with Gasteiger partial charge in [0.05, 0.1) is 0 Å². The van der Waals surface area contributed by atoms with Crippen LogP contribution in [0.3, 0.4) is 0 Å². The van der Waals surface area contributed by atoms with Crippen molar-refractivity contribution in [1.82, 2.24) is 0 Å². The molecule has 23 heavy (non-hydrogen) atoms. The number of carbonyl (C=O) groups is 3. The van der Waals surface area contributed by atoms with E-state index < -0.39 is 11.9 Å². The Morgan fingerprint density at radius 3 is 2.30 bits per heavy atom. The van der Waals surface area contributed by atoms with Gasteiger partial charge in [-0.05, 0) is 31.0 Å². The van der Waals surface area contributed by atoms with Crippen LogP contribution in [0, 0.1) is 5.92 Å². The quantitative estimate of drug-likeness (QED) is 0.728. The van der Waals surface area contributed by atoms with Crippen LogP contribution in [0.5, 0.6) is 0 Å². The number of hydrogen-bond donors (Lipinski definition) is 3. The van der Waals surface area contributed by atoms with E-state index in [-0.39, 0.29) is 11.8 Å². The van der Waals surface area contributed by atoms with Gasteiger partial charge in [-0.1, -0.05) is 25.3 Å². The fraction of sp³-hybridized carbons (Fsp3) is 0.353. The van der Waals surface area contributed by atoms with Gasteiger partial charge in [0.15, 0.2) is 0 Å². The first kappa shape index (κ1) is 16.7. The third kappa shape index (κ3) is 5.58. The van der Waals surface area contributed by atoms with Gasteiger partial charge in [-0.3, -0.25) is 9.59 Å². The van der Waals surface area contributed by atoms with Gasteiger partial charge in [-0.25, -0.2) is 4.79 Å². The van der Waals surface area contributed by atoms with Gasteiger partial charge >= 0.3 is 5.97 Å². The highest BCUT2D eigenvalue weighted by Gasteiger charge is 2.21. The monoisotopic (exact) mass is 316 g/mol. The Hall–Kier alpha value is -2.63. The highest BCUT2D eigenvalue weighted by atomic mass is 16.4. The van der Waals surface area contributed by atoms with E-state index in [0.717, 1.165) is 37.8 Å². The first-order valence-corrected chi connectivity index (χ1v) is 7.67. The summed E-state index contributed by atoms with van der Waals surface area (Å²) in [6.45, 7) is 0. The minimum Gasteiger partial charge on any atom is -0.478 e. The lowest BCUT2D eigenvalue weighted by Crippen LogP contribution is -2.24. The van der Waals surface area contributed by atoms with E-state index in [2.05, 4.69) is 10.6 Å². The Balaban J connectivity index is 1.95. The number of hydrogen-bond acceptors (Lipinski definition) is 3. The fourth-order valence-electron chi connectivity index (χ4n) is 2.61. The minimum atomic E-state index is -1.19. The highest BCUT2D eigenvalue weighted by Crippen LogP contribution is 2.25. The zero-order chi connectivity index (χ0) is 16.7. The van der Waals surface area contributed by atoms with E-state index >= 15 is 0 Å². The summed E-state index contributed by atoms with van der Waals surface area (Å²) in [5.41, 5.74) is 1.10. The largest absolute Gasteiger partial charge is 0.478 e. The Morgan fingerprint density at radius 2 is 1.65 bits per heavy atom. The maximum Gasteiger partial charge on any atom is 0.328 e. The van der Waals surface area contributed by atoms with Crippen molar-refractivity contribution in [3.8, 4) is 0 Å². The van der Waals surface area contributed by atoms with E-state index in [1.807, 2.05) is 0 Å². The summed E-state index contributed by atoms with van der Waals surface area (Å²) in [6, 6.07) is 6.78. The van der Waals surface area contributed by atoms with Crippen molar-refractivity contribution in [1.29, 1.82) is 0 Å². The molecule has 1 aromatic rings. The molecule has 122 valence electrons. The average molecular weight is 316 g/mol. The molecule has 2 amide bonds. The normalized spacial score (nSPS) is 15.3. The molecule has 0 saturated heterocycles. The molecular formula is C17H20N2O4. The predicted octanol–water partition coefficient (Wildman–Crippen LogP) is 2.78. The molecule has 1 aromatic carbocycles. The topological polar surface area (TPSA) is 95.5 Å². The van der Waals surface area contributed by atoms with Gasteiger partial charge in [0.1, 0.15) is 0 Å². The Bertz CT molecular complexity index is 619. The molecule has 1 fully saturated rings. The van der Waals surface area contributed by atoms with E-state index in [4.69, 9.17) is 5.11 Å². The molecule has 0 heterocycles. The molecule has 6 heteroatoms. The fourth-order valence-corrected chi connectivity index (χ4v) is 2.61. The molecule has 3 N–H and O–H groups in total. The van der Waals surface area contributed by atoms with Gasteiger partial charge in [0, 0.05) is 29.4 Å². The van der Waals surface area contributed by atoms with Crippen LogP contribution < -0.4 is 10.6 Å². The number of rotatable bonds is 5. The van der Waals surface area contributed by atoms with Gasteiger partial charge in [0.25, 0.3) is 0 Å². The molecule has 1 aliphatic carbocycles. The molecule has 1 aliphatic rings. The van der Waals surface area contributed by atoms with Gasteiger partial charge < -0.3 is 15.7 Å². The standard InChI is InChI=1S/C17H20N2O4/c20-15(9-10-16(21)22)18-13-7-4-8-14(11-13)19-17(23)12-5-2-1-3-6-12/h4,7-12H,1-3,5-6H2,(H,18,20)(H,19,23)(H,21,22)/b10-9+. The van der Waals surface area contributed by atoms with Gasteiger partial charge in [-0.15, -0.1) is 0 Å². The number of amides is 2. The Morgan fingerprint density at radius 1 is 1.00 bits per heavy atom. The highest BCUT2D eigenvalue weighted by molar-refractivity contribution is 6.02. The van der Waals surface area contributed by atoms with E-state index in [1.54, 1.807) is 24.3 Å². The lowest BCUT2D eigenvalue weighted by molar-refractivity contribution is -0.131. The molecule has 0 atom stereocenters. The smallest absolute Gasteiger partial charge is 0.328 e. The maximum absolute atomic E-state index is 12.2. The average Bonchev–Trinajstić information content (AvgIpc) is 2.54. The Kier molecular flexibility index (Phi) is 5.91. The van der Waals surface area contributed by atoms with Crippen molar-refractivity contribution in [2.75, 3.05) is 10.6 Å². The van der Waals surface area contributed by atoms with E-state index in [0.29, 0.717) is 11.4 Å². The minimum absolute atomic E-state index is 0.0129. The number of aliphatic carboxylic acids is 1. The summed E-state index contributed by atoms with van der Waals surface area (Å²) in [6.07, 6.45) is 6.91. The summed E-state index contributed by atoms with van der Waals surface area (Å²) in [4.78, 5) is 34.1. The third-order valence-electron chi connectivity index (χ3n) is 3.75. The van der Waals surface area contributed by atoms with Crippen LogP contribution >= 0.6 is 0 Å². The molecule has 0 radical (unpaired) electrons. The Labute approximate surface area is 134 Å². The number of benzene rings is 1. The van der Waals surface area contributed by atoms with Crippen LogP contribution in [0.15, 0.2) is 36.4 Å². The zero-order valence-corrected chi connectivity index (χ0v) is 12.7. The molecule has 0 aliphatic heterocycles. The number of carboxylic acid groups (broad SMARTS) is 1. The second kappa shape index (κ2) is 8.12. The molecule has 6 nitrogen and oxygen atoms in total. The molecule has 0 unspecified atom stereocenters. The summed E-state index contributed by atoms with van der Waals surface area (Å²) in [7, 11) is 0. The first-order valence-electron chi connectivity index (χ1n) is 7.67. The third-order valence-corrected chi connectivity index (χ3v) is 3.75. The van der Waals surface area contributed by atoms with Crippen molar-refractivity contribution in [2.45, 2.75) is 32.1 Å². The molecule has 0 bridgehead atoms.